The molecular formula is C12H9ClF3N3. The van der Waals surface area contributed by atoms with Gasteiger partial charge in [-0.3, -0.25) is 0 Å². The zero-order chi connectivity index (χ0) is 13.9. The molecule has 3 nitrogen and oxygen atoms in total. The van der Waals surface area contributed by atoms with Crippen LogP contribution in [0.4, 0.5) is 19.0 Å². The number of hydrogen-bond donors (Lipinski definition) is 1. The number of rotatable bonds is 3. The van der Waals surface area contributed by atoms with Gasteiger partial charge in [-0.05, 0) is 17.2 Å². The van der Waals surface area contributed by atoms with Gasteiger partial charge in [-0.25, -0.2) is 9.97 Å². The van der Waals surface area contributed by atoms with Crippen molar-refractivity contribution in [3.8, 4) is 0 Å². The number of aromatic nitrogens is 2. The molecule has 7 heteroatoms. The lowest BCUT2D eigenvalue weighted by Gasteiger charge is -2.13. The summed E-state index contributed by atoms with van der Waals surface area (Å²) < 4.78 is 38.2. The Hall–Kier alpha value is -1.82. The van der Waals surface area contributed by atoms with Crippen LogP contribution in [-0.4, -0.2) is 9.97 Å². The Morgan fingerprint density at radius 2 is 1.84 bits per heavy atom. The summed E-state index contributed by atoms with van der Waals surface area (Å²) in [5.74, 6) is -0.323. The first kappa shape index (κ1) is 13.6. The highest BCUT2D eigenvalue weighted by Crippen LogP contribution is 2.33. The van der Waals surface area contributed by atoms with Gasteiger partial charge in [0.1, 0.15) is 11.4 Å². The Bertz CT molecular complexity index is 558. The molecule has 2 aromatic rings. The quantitative estimate of drug-likeness (QED) is 0.874. The normalized spacial score (nSPS) is 11.4. The second-order valence-electron chi connectivity index (χ2n) is 3.74. The first-order valence-corrected chi connectivity index (χ1v) is 5.72. The van der Waals surface area contributed by atoms with Gasteiger partial charge in [-0.2, -0.15) is 13.2 Å². The van der Waals surface area contributed by atoms with Crippen molar-refractivity contribution in [2.24, 2.45) is 0 Å². The maximum atomic E-state index is 12.7. The van der Waals surface area contributed by atoms with E-state index in [1.165, 1.54) is 0 Å². The molecule has 1 heterocycles. The van der Waals surface area contributed by atoms with Crippen LogP contribution in [-0.2, 0) is 12.7 Å². The molecule has 0 amide bonds. The van der Waals surface area contributed by atoms with Gasteiger partial charge in [0.15, 0.2) is 0 Å². The summed E-state index contributed by atoms with van der Waals surface area (Å²) in [7, 11) is 0. The molecule has 0 unspecified atom stereocenters. The molecule has 1 aromatic heterocycles. The van der Waals surface area contributed by atoms with E-state index in [-0.39, 0.29) is 17.6 Å². The first-order chi connectivity index (χ1) is 8.97. The highest BCUT2D eigenvalue weighted by atomic mass is 35.5. The zero-order valence-corrected chi connectivity index (χ0v) is 10.3. The van der Waals surface area contributed by atoms with Crippen molar-refractivity contribution in [1.82, 2.24) is 9.97 Å². The summed E-state index contributed by atoms with van der Waals surface area (Å²) in [6.45, 7) is 0.220. The Kier molecular flexibility index (Phi) is 3.90. The molecular weight excluding hydrogens is 279 g/mol. The topological polar surface area (TPSA) is 37.8 Å². The van der Waals surface area contributed by atoms with E-state index in [0.29, 0.717) is 6.20 Å². The third-order valence-electron chi connectivity index (χ3n) is 2.37. The van der Waals surface area contributed by atoms with E-state index in [9.17, 15) is 13.2 Å². The summed E-state index contributed by atoms with van der Waals surface area (Å²) >= 11 is 5.52. The molecule has 0 radical (unpaired) electrons. The Balaban J connectivity index is 2.22. The van der Waals surface area contributed by atoms with Gasteiger partial charge in [0.25, 0.3) is 0 Å². The maximum Gasteiger partial charge on any atom is 0.421 e. The van der Waals surface area contributed by atoms with E-state index in [0.717, 1.165) is 5.56 Å². The van der Waals surface area contributed by atoms with E-state index < -0.39 is 11.7 Å². The van der Waals surface area contributed by atoms with Crippen molar-refractivity contribution in [2.45, 2.75) is 12.7 Å². The van der Waals surface area contributed by atoms with Gasteiger partial charge in [0, 0.05) is 12.7 Å². The smallest absolute Gasteiger partial charge is 0.365 e. The van der Waals surface area contributed by atoms with E-state index >= 15 is 0 Å². The minimum Gasteiger partial charge on any atom is -0.365 e. The molecule has 0 spiro atoms. The molecule has 0 aliphatic heterocycles. The average molecular weight is 288 g/mol. The zero-order valence-electron chi connectivity index (χ0n) is 9.58. The van der Waals surface area contributed by atoms with Crippen LogP contribution in [0.15, 0.2) is 36.5 Å². The van der Waals surface area contributed by atoms with E-state index in [1.807, 2.05) is 6.07 Å². The number of benzene rings is 1. The summed E-state index contributed by atoms with van der Waals surface area (Å²) in [6, 6.07) is 9.02. The number of halogens is 4. The molecule has 1 N–H and O–H groups in total. The lowest BCUT2D eigenvalue weighted by atomic mass is 10.2. The predicted octanol–water partition coefficient (Wildman–Crippen LogP) is 3.76. The van der Waals surface area contributed by atoms with Crippen LogP contribution in [0, 0.1) is 0 Å². The summed E-state index contributed by atoms with van der Waals surface area (Å²) in [5, 5.41) is 2.39. The van der Waals surface area contributed by atoms with Crippen LogP contribution in [0.1, 0.15) is 11.1 Å². The van der Waals surface area contributed by atoms with E-state index in [2.05, 4.69) is 15.3 Å². The Labute approximate surface area is 112 Å². The molecule has 0 aliphatic rings. The molecule has 0 bridgehead atoms. The summed E-state index contributed by atoms with van der Waals surface area (Å²) in [5.41, 5.74) is -0.0989. The van der Waals surface area contributed by atoms with Gasteiger partial charge in [-0.1, -0.05) is 30.3 Å². The molecule has 19 heavy (non-hydrogen) atoms. The molecule has 0 fully saturated rings. The minimum atomic E-state index is -4.52. The van der Waals surface area contributed by atoms with Crippen LogP contribution < -0.4 is 5.32 Å². The van der Waals surface area contributed by atoms with Gasteiger partial charge in [-0.15, -0.1) is 0 Å². The number of nitrogens with zero attached hydrogens (tertiary/aromatic N) is 2. The highest BCUT2D eigenvalue weighted by molar-refractivity contribution is 6.28. The molecule has 1 aromatic carbocycles. The fraction of sp³-hybridized carbons (Fsp3) is 0.167. The summed E-state index contributed by atoms with van der Waals surface area (Å²) in [6.07, 6.45) is -3.85. The molecule has 0 aliphatic carbocycles. The lowest BCUT2D eigenvalue weighted by Crippen LogP contribution is -2.13. The fourth-order valence-electron chi connectivity index (χ4n) is 1.48. The highest BCUT2D eigenvalue weighted by Gasteiger charge is 2.35. The number of anilines is 1. The van der Waals surface area contributed by atoms with Crippen LogP contribution >= 0.6 is 11.6 Å². The summed E-state index contributed by atoms with van der Waals surface area (Å²) in [4.78, 5) is 6.93. The molecule has 2 rings (SSSR count). The second-order valence-corrected chi connectivity index (χ2v) is 4.08. The third kappa shape index (κ3) is 3.57. The number of nitrogens with one attached hydrogen (secondary N) is 1. The van der Waals surface area contributed by atoms with Gasteiger partial charge >= 0.3 is 6.18 Å². The van der Waals surface area contributed by atoms with Crippen LogP contribution in [0.25, 0.3) is 0 Å². The monoisotopic (exact) mass is 287 g/mol. The van der Waals surface area contributed by atoms with Crippen LogP contribution in [0.5, 0.6) is 0 Å². The van der Waals surface area contributed by atoms with Crippen LogP contribution in [0.3, 0.4) is 0 Å². The number of hydrogen-bond acceptors (Lipinski definition) is 3. The van der Waals surface area contributed by atoms with Crippen molar-refractivity contribution in [3.05, 3.63) is 52.9 Å². The van der Waals surface area contributed by atoms with Gasteiger partial charge in [0.05, 0.1) is 0 Å². The van der Waals surface area contributed by atoms with Crippen molar-refractivity contribution in [1.29, 1.82) is 0 Å². The lowest BCUT2D eigenvalue weighted by molar-refractivity contribution is -0.137. The third-order valence-corrected chi connectivity index (χ3v) is 2.55. The van der Waals surface area contributed by atoms with Crippen LogP contribution in [0.2, 0.25) is 5.28 Å². The predicted molar refractivity (Wildman–Crippen MR) is 65.8 cm³/mol. The SMILES string of the molecule is FC(F)(F)c1cnc(Cl)nc1NCc1ccccc1. The van der Waals surface area contributed by atoms with Crippen molar-refractivity contribution < 1.29 is 13.2 Å². The van der Waals surface area contributed by atoms with Gasteiger partial charge < -0.3 is 5.32 Å². The second kappa shape index (κ2) is 5.44. The molecule has 100 valence electrons. The van der Waals surface area contributed by atoms with Crippen molar-refractivity contribution in [3.63, 3.8) is 0 Å². The van der Waals surface area contributed by atoms with Crippen molar-refractivity contribution >= 4 is 17.4 Å². The molecule has 0 saturated carbocycles. The first-order valence-electron chi connectivity index (χ1n) is 5.34. The molecule has 0 atom stereocenters. The van der Waals surface area contributed by atoms with Gasteiger partial charge in [0.2, 0.25) is 5.28 Å². The van der Waals surface area contributed by atoms with E-state index in [4.69, 9.17) is 11.6 Å². The Morgan fingerprint density at radius 1 is 1.16 bits per heavy atom. The van der Waals surface area contributed by atoms with E-state index in [1.54, 1.807) is 24.3 Å². The minimum absolute atomic E-state index is 0.220. The standard InChI is InChI=1S/C12H9ClF3N3/c13-11-18-7-9(12(14,15)16)10(19-11)17-6-8-4-2-1-3-5-8/h1-5,7H,6H2,(H,17,18,19). The average Bonchev–Trinajstić information content (AvgIpc) is 2.36. The largest absolute Gasteiger partial charge is 0.421 e. The maximum absolute atomic E-state index is 12.7. The fourth-order valence-corrected chi connectivity index (χ4v) is 1.62. The van der Waals surface area contributed by atoms with Crippen molar-refractivity contribution in [2.75, 3.05) is 5.32 Å². The molecule has 0 saturated heterocycles. The Morgan fingerprint density at radius 3 is 2.47 bits per heavy atom. The number of alkyl halides is 3.